The molecule has 2 aromatic carbocycles. The van der Waals surface area contributed by atoms with E-state index in [1.807, 2.05) is 0 Å². The predicted octanol–water partition coefficient (Wildman–Crippen LogP) is 2.13. The fourth-order valence-electron chi connectivity index (χ4n) is 2.69. The Morgan fingerprint density at radius 2 is 1.48 bits per heavy atom. The van der Waals surface area contributed by atoms with Crippen molar-refractivity contribution in [3.05, 3.63) is 71.8 Å². The van der Waals surface area contributed by atoms with Gasteiger partial charge in [-0.05, 0) is 30.5 Å². The van der Waals surface area contributed by atoms with Crippen molar-refractivity contribution in [3.63, 3.8) is 0 Å². The monoisotopic (exact) mass is 357 g/mol. The third kappa shape index (κ3) is 4.33. The van der Waals surface area contributed by atoms with Crippen LogP contribution in [-0.4, -0.2) is 31.4 Å². The maximum Gasteiger partial charge on any atom is 0.252 e. The van der Waals surface area contributed by atoms with Crippen LogP contribution in [0.4, 0.5) is 0 Å². The van der Waals surface area contributed by atoms with Gasteiger partial charge in [-0.15, -0.1) is 0 Å². The van der Waals surface area contributed by atoms with E-state index >= 15 is 0 Å². The molecule has 0 atom stereocenters. The van der Waals surface area contributed by atoms with Crippen molar-refractivity contribution >= 4 is 21.5 Å². The van der Waals surface area contributed by atoms with Crippen molar-refractivity contribution in [1.29, 1.82) is 0 Å². The Kier molecular flexibility index (Phi) is 4.72. The molecule has 1 amide bonds. The number of benzene rings is 2. The summed E-state index contributed by atoms with van der Waals surface area (Å²) in [4.78, 5) is 24.8. The van der Waals surface area contributed by atoms with E-state index in [9.17, 15) is 18.0 Å². The Hall–Kier alpha value is -2.47. The molecular weight excluding hydrogens is 338 g/mol. The van der Waals surface area contributed by atoms with Crippen LogP contribution in [0, 0.1) is 0 Å². The molecule has 0 bridgehead atoms. The van der Waals surface area contributed by atoms with Crippen molar-refractivity contribution in [3.8, 4) is 0 Å². The van der Waals surface area contributed by atoms with Gasteiger partial charge in [0.25, 0.3) is 5.91 Å². The van der Waals surface area contributed by atoms with Crippen LogP contribution in [-0.2, 0) is 20.4 Å². The Labute approximate surface area is 147 Å². The highest BCUT2D eigenvalue weighted by Crippen LogP contribution is 2.37. The average Bonchev–Trinajstić information content (AvgIpc) is 3.36. The highest BCUT2D eigenvalue weighted by molar-refractivity contribution is 7.91. The quantitative estimate of drug-likeness (QED) is 0.823. The number of amides is 1. The molecule has 2 aromatic rings. The number of ketones is 1. The minimum atomic E-state index is -3.58. The van der Waals surface area contributed by atoms with Crippen LogP contribution < -0.4 is 5.32 Å². The second-order valence-corrected chi connectivity index (χ2v) is 8.41. The molecule has 1 N–H and O–H groups in total. The maximum atomic E-state index is 12.5. The zero-order valence-electron chi connectivity index (χ0n) is 13.6. The van der Waals surface area contributed by atoms with Gasteiger partial charge >= 0.3 is 0 Å². The van der Waals surface area contributed by atoms with Gasteiger partial charge < -0.3 is 5.32 Å². The Morgan fingerprint density at radius 1 is 0.920 bits per heavy atom. The summed E-state index contributed by atoms with van der Waals surface area (Å²) in [6.45, 7) is 0. The topological polar surface area (TPSA) is 80.3 Å². The van der Waals surface area contributed by atoms with Crippen LogP contribution in [0.5, 0.6) is 0 Å². The number of hydrogen-bond donors (Lipinski definition) is 1. The summed E-state index contributed by atoms with van der Waals surface area (Å²) in [5.41, 5.74) is 0.0682. The smallest absolute Gasteiger partial charge is 0.252 e. The third-order valence-corrected chi connectivity index (χ3v) is 5.73. The van der Waals surface area contributed by atoms with Gasteiger partial charge in [-0.1, -0.05) is 48.5 Å². The second-order valence-electron chi connectivity index (χ2n) is 6.34. The lowest BCUT2D eigenvalue weighted by Gasteiger charge is -2.16. The molecular formula is C19H19NO4S. The fraction of sp³-hybridized carbons (Fsp3) is 0.263. The van der Waals surface area contributed by atoms with Gasteiger partial charge in [0.15, 0.2) is 15.6 Å². The second kappa shape index (κ2) is 6.80. The van der Waals surface area contributed by atoms with E-state index in [0.717, 1.165) is 0 Å². The number of nitrogens with one attached hydrogen (secondary N) is 1. The predicted molar refractivity (Wildman–Crippen MR) is 94.8 cm³/mol. The summed E-state index contributed by atoms with van der Waals surface area (Å²) in [6, 6.07) is 17.3. The third-order valence-electron chi connectivity index (χ3n) is 4.25. The molecule has 0 unspecified atom stereocenters. The first kappa shape index (κ1) is 17.4. The number of sulfone groups is 1. The van der Waals surface area contributed by atoms with E-state index in [2.05, 4.69) is 5.32 Å². The summed E-state index contributed by atoms with van der Waals surface area (Å²) in [5.74, 6) is -1.53. The zero-order valence-corrected chi connectivity index (χ0v) is 14.5. The van der Waals surface area contributed by atoms with Crippen LogP contribution in [0.1, 0.15) is 28.8 Å². The molecule has 0 aliphatic heterocycles. The van der Waals surface area contributed by atoms with Gasteiger partial charge in [-0.25, -0.2) is 8.42 Å². The van der Waals surface area contributed by atoms with Gasteiger partial charge in [-0.2, -0.15) is 0 Å². The first-order valence-electron chi connectivity index (χ1n) is 8.05. The Morgan fingerprint density at radius 3 is 2.04 bits per heavy atom. The van der Waals surface area contributed by atoms with E-state index in [1.165, 1.54) is 0 Å². The van der Waals surface area contributed by atoms with Crippen molar-refractivity contribution in [2.45, 2.75) is 24.1 Å². The zero-order chi connectivity index (χ0) is 17.9. The van der Waals surface area contributed by atoms with E-state index in [4.69, 9.17) is 0 Å². The van der Waals surface area contributed by atoms with Gasteiger partial charge in [0.05, 0.1) is 5.75 Å². The lowest BCUT2D eigenvalue weighted by Crippen LogP contribution is -2.45. The molecule has 1 aliphatic carbocycles. The first-order chi connectivity index (χ1) is 11.9. The Balaban J connectivity index is 1.65. The summed E-state index contributed by atoms with van der Waals surface area (Å²) in [7, 11) is -3.58. The number of hydrogen-bond acceptors (Lipinski definition) is 4. The van der Waals surface area contributed by atoms with Crippen molar-refractivity contribution in [1.82, 2.24) is 5.32 Å². The summed E-state index contributed by atoms with van der Waals surface area (Å²) < 4.78 is 24.6. The summed E-state index contributed by atoms with van der Waals surface area (Å²) in [5, 5.41) is 2.72. The molecule has 0 heterocycles. The van der Waals surface area contributed by atoms with Crippen molar-refractivity contribution < 1.29 is 18.0 Å². The Bertz CT molecular complexity index is 872. The summed E-state index contributed by atoms with van der Waals surface area (Å²) >= 11 is 0. The minimum Gasteiger partial charge on any atom is -0.339 e. The van der Waals surface area contributed by atoms with Crippen molar-refractivity contribution in [2.24, 2.45) is 0 Å². The van der Waals surface area contributed by atoms with Crippen LogP contribution in [0.2, 0.25) is 0 Å². The SMILES string of the molecule is O=C(NC1(C(=O)CS(=O)(=O)Cc2ccccc2)CC1)c1ccccc1. The molecule has 130 valence electrons. The van der Waals surface area contributed by atoms with Gasteiger partial charge in [0.2, 0.25) is 0 Å². The average molecular weight is 357 g/mol. The molecule has 6 heteroatoms. The minimum absolute atomic E-state index is 0.178. The number of rotatable bonds is 7. The van der Waals surface area contributed by atoms with Crippen molar-refractivity contribution in [2.75, 3.05) is 5.75 Å². The normalized spacial score (nSPS) is 15.4. The fourth-order valence-corrected chi connectivity index (χ4v) is 4.17. The molecule has 25 heavy (non-hydrogen) atoms. The van der Waals surface area contributed by atoms with Crippen LogP contribution >= 0.6 is 0 Å². The largest absolute Gasteiger partial charge is 0.339 e. The van der Waals surface area contributed by atoms with Crippen LogP contribution in [0.25, 0.3) is 0 Å². The lowest BCUT2D eigenvalue weighted by molar-refractivity contribution is -0.119. The highest BCUT2D eigenvalue weighted by atomic mass is 32.2. The van der Waals surface area contributed by atoms with E-state index < -0.39 is 26.9 Å². The lowest BCUT2D eigenvalue weighted by atomic mass is 10.1. The molecule has 0 saturated heterocycles. The van der Waals surface area contributed by atoms with Gasteiger partial charge in [0, 0.05) is 5.56 Å². The molecule has 1 fully saturated rings. The van der Waals surface area contributed by atoms with E-state index in [1.54, 1.807) is 60.7 Å². The van der Waals surface area contributed by atoms with E-state index in [-0.39, 0.29) is 11.7 Å². The molecule has 3 rings (SSSR count). The van der Waals surface area contributed by atoms with Crippen LogP contribution in [0.15, 0.2) is 60.7 Å². The number of carbonyl (C=O) groups is 2. The molecule has 0 radical (unpaired) electrons. The molecule has 1 saturated carbocycles. The highest BCUT2D eigenvalue weighted by Gasteiger charge is 2.51. The molecule has 5 nitrogen and oxygen atoms in total. The molecule has 0 spiro atoms. The van der Waals surface area contributed by atoms with Gasteiger partial charge in [-0.3, -0.25) is 9.59 Å². The molecule has 0 aromatic heterocycles. The standard InChI is InChI=1S/C19H19NO4S/c21-17(14-25(23,24)13-15-7-3-1-4-8-15)19(11-12-19)20-18(22)16-9-5-2-6-10-16/h1-10H,11-14H2,(H,20,22). The van der Waals surface area contributed by atoms with Gasteiger partial charge in [0.1, 0.15) is 11.3 Å². The number of carbonyl (C=O) groups excluding carboxylic acids is 2. The first-order valence-corrected chi connectivity index (χ1v) is 9.88. The summed E-state index contributed by atoms with van der Waals surface area (Å²) in [6.07, 6.45) is 0.955. The van der Waals surface area contributed by atoms with Crippen LogP contribution in [0.3, 0.4) is 0 Å². The number of Topliss-reactive ketones (excluding diaryl/α,β-unsaturated/α-hetero) is 1. The maximum absolute atomic E-state index is 12.5. The molecule has 1 aliphatic rings. The van der Waals surface area contributed by atoms with E-state index in [0.29, 0.717) is 24.0 Å².